The Kier molecular flexibility index (Phi) is 19.6. The fourth-order valence-electron chi connectivity index (χ4n) is 5.17. The first-order chi connectivity index (χ1) is 22.6. The molecule has 8 nitrogen and oxygen atoms in total. The molecule has 48 heavy (non-hydrogen) atoms. The molecule has 3 atom stereocenters. The number of aryl methyl sites for hydroxylation is 2. The molecule has 1 aromatic carbocycles. The number of hydrogen-bond acceptors (Lipinski definition) is 7. The highest BCUT2D eigenvalue weighted by Gasteiger charge is 2.35. The largest absolute Gasteiger partial charge is 0.483 e. The lowest BCUT2D eigenvalue weighted by Gasteiger charge is -2.25. The minimum absolute atomic E-state index is 0.156. The molecule has 0 spiro atoms. The zero-order chi connectivity index (χ0) is 37.5. The molecule has 0 amide bonds. The maximum atomic E-state index is 14.7. The summed E-state index contributed by atoms with van der Waals surface area (Å²) in [4.78, 5) is 38.0. The van der Waals surface area contributed by atoms with Crippen molar-refractivity contribution >= 4 is 43.9 Å². The van der Waals surface area contributed by atoms with Gasteiger partial charge in [-0.2, -0.15) is 0 Å². The van der Waals surface area contributed by atoms with Crippen molar-refractivity contribution in [2.24, 2.45) is 11.7 Å². The van der Waals surface area contributed by atoms with E-state index in [0.29, 0.717) is 22.3 Å². The molecule has 2 aromatic rings. The highest BCUT2D eigenvalue weighted by Crippen LogP contribution is 2.38. The summed E-state index contributed by atoms with van der Waals surface area (Å²) in [6, 6.07) is 1.50. The zero-order valence-corrected chi connectivity index (χ0v) is 30.5. The van der Waals surface area contributed by atoms with Crippen molar-refractivity contribution in [3.8, 4) is 0 Å². The summed E-state index contributed by atoms with van der Waals surface area (Å²) >= 11 is 0. The Hall–Kier alpha value is -3.21. The Morgan fingerprint density at radius 2 is 1.75 bits per heavy atom. The summed E-state index contributed by atoms with van der Waals surface area (Å²) in [5.74, 6) is -7.11. The summed E-state index contributed by atoms with van der Waals surface area (Å²) in [5.41, 5.74) is 11.2. The maximum absolute atomic E-state index is 14.7. The number of rotatable bonds is 7. The number of Topliss-reactive ketones (excluding diaryl/α,β-unsaturated/α-hetero) is 1. The van der Waals surface area contributed by atoms with Crippen molar-refractivity contribution in [2.75, 3.05) is 13.2 Å². The fraction of sp³-hybridized carbons (Fsp3) is 0.543. The van der Waals surface area contributed by atoms with E-state index in [4.69, 9.17) is 19.6 Å². The third-order valence-electron chi connectivity index (χ3n) is 7.49. The summed E-state index contributed by atoms with van der Waals surface area (Å²) in [6.45, 7) is 15.9. The second kappa shape index (κ2) is 21.0. The molecule has 1 aliphatic carbocycles. The number of allylic oxidation sites excluding steroid dienone is 1. The number of aromatic nitrogens is 1. The number of carboxylic acid groups (broad SMARTS) is 1. The molecule has 2 aliphatic rings. The molecule has 0 saturated heterocycles. The molecule has 0 radical (unpaired) electrons. The lowest BCUT2D eigenvalue weighted by Crippen LogP contribution is -2.34. The molecule has 4 N–H and O–H groups in total. The first-order valence-electron chi connectivity index (χ1n) is 16.1. The van der Waals surface area contributed by atoms with Gasteiger partial charge in [-0.3, -0.25) is 9.59 Å². The van der Waals surface area contributed by atoms with Crippen LogP contribution in [0.4, 0.5) is 17.6 Å². The van der Waals surface area contributed by atoms with E-state index in [2.05, 4.69) is 12.7 Å². The molecule has 3 unspecified atom stereocenters. The number of esters is 1. The van der Waals surface area contributed by atoms with Gasteiger partial charge in [-0.25, -0.2) is 27.3 Å². The van der Waals surface area contributed by atoms with E-state index in [9.17, 15) is 32.3 Å². The quantitative estimate of drug-likeness (QED) is 0.120. The zero-order valence-electron chi connectivity index (χ0n) is 29.3. The van der Waals surface area contributed by atoms with Crippen LogP contribution in [0.15, 0.2) is 23.3 Å². The minimum Gasteiger partial charge on any atom is -0.483 e. The number of aliphatic hydroxyl groups is 1. The van der Waals surface area contributed by atoms with Crippen LogP contribution in [0.2, 0.25) is 0 Å². The molecule has 2 heterocycles. The maximum Gasteiger partial charge on any atom is 0.340 e. The Balaban J connectivity index is 0.00000125. The predicted molar refractivity (Wildman–Crippen MR) is 185 cm³/mol. The second-order valence-corrected chi connectivity index (χ2v) is 11.3. The number of carbonyl (C=O) groups is 3. The normalized spacial score (nSPS) is 16.1. The minimum atomic E-state index is -3.38. The van der Waals surface area contributed by atoms with Crippen molar-refractivity contribution in [2.45, 2.75) is 106 Å². The summed E-state index contributed by atoms with van der Waals surface area (Å²) < 4.78 is 54.8. The number of cyclic esters (lactones) is 1. The van der Waals surface area contributed by atoms with E-state index in [1.54, 1.807) is 19.9 Å². The monoisotopic (exact) mass is 702 g/mol. The number of alkyl halides is 3. The van der Waals surface area contributed by atoms with Crippen LogP contribution >= 0.6 is 9.24 Å². The number of ketones is 1. The number of nitrogens with two attached hydrogens (primary N) is 1. The molecular weight excluding hydrogens is 651 g/mol. The van der Waals surface area contributed by atoms with Gasteiger partial charge >= 0.3 is 5.97 Å². The van der Waals surface area contributed by atoms with Crippen LogP contribution in [0.5, 0.6) is 0 Å². The number of halogens is 4. The highest BCUT2D eigenvalue weighted by molar-refractivity contribution is 7.17. The number of nitrogens with zero attached hydrogens (tertiary/aromatic N) is 1. The van der Waals surface area contributed by atoms with Crippen molar-refractivity contribution in [3.05, 3.63) is 57.1 Å². The fourth-order valence-corrected chi connectivity index (χ4v) is 5.31. The number of aliphatic hydroxyl groups excluding tert-OH is 1. The van der Waals surface area contributed by atoms with Gasteiger partial charge in [-0.15, -0.1) is 0 Å². The molecular formula is C35H51F4N2O6P. The summed E-state index contributed by atoms with van der Waals surface area (Å²) in [6.07, 6.45) is 3.59. The average molecular weight is 703 g/mol. The molecule has 0 saturated carbocycles. The van der Waals surface area contributed by atoms with Crippen molar-refractivity contribution < 1.29 is 46.9 Å². The lowest BCUT2D eigenvalue weighted by molar-refractivity contribution is -0.152. The van der Waals surface area contributed by atoms with Crippen LogP contribution in [-0.4, -0.2) is 64.5 Å². The Bertz CT molecular complexity index is 1480. The molecule has 270 valence electrons. The molecule has 0 bridgehead atoms. The third kappa shape index (κ3) is 10.9. The van der Waals surface area contributed by atoms with Crippen molar-refractivity contribution in [1.82, 2.24) is 4.98 Å². The molecule has 1 aromatic heterocycles. The van der Waals surface area contributed by atoms with E-state index in [-0.39, 0.29) is 36.2 Å². The number of hydrogen-bond donors (Lipinski definition) is 3. The Morgan fingerprint density at radius 1 is 1.21 bits per heavy atom. The van der Waals surface area contributed by atoms with Crippen LogP contribution in [0.25, 0.3) is 16.5 Å². The van der Waals surface area contributed by atoms with Gasteiger partial charge < -0.3 is 20.7 Å². The lowest BCUT2D eigenvalue weighted by atomic mass is 9.83. The van der Waals surface area contributed by atoms with E-state index in [1.165, 1.54) is 20.9 Å². The van der Waals surface area contributed by atoms with Gasteiger partial charge in [0.2, 0.25) is 0 Å². The van der Waals surface area contributed by atoms with Gasteiger partial charge in [-0.05, 0) is 67.4 Å². The van der Waals surface area contributed by atoms with Gasteiger partial charge in [0.15, 0.2) is 17.8 Å². The van der Waals surface area contributed by atoms with Gasteiger partial charge in [0.05, 0.1) is 17.8 Å². The van der Waals surface area contributed by atoms with Crippen molar-refractivity contribution in [1.29, 1.82) is 0 Å². The molecule has 13 heteroatoms. The smallest absolute Gasteiger partial charge is 0.340 e. The number of pyridine rings is 1. The SMILES string of the molecule is CC.CC.CCc1c(/C(C)=C/C2=C(C(=O)C(C)C)COC(=O)C2O)nc2cc(F)c(C)c3c2c1CCC3.NCC(F)(F)C(F)P.O=CO. The summed E-state index contributed by atoms with van der Waals surface area (Å²) in [5, 5.41) is 18.5. The van der Waals surface area contributed by atoms with Crippen LogP contribution in [0, 0.1) is 18.7 Å². The van der Waals surface area contributed by atoms with Gasteiger partial charge in [0.25, 0.3) is 12.4 Å². The summed E-state index contributed by atoms with van der Waals surface area (Å²) in [7, 11) is 1.35. The average Bonchev–Trinajstić information content (AvgIpc) is 3.07. The van der Waals surface area contributed by atoms with E-state index in [0.717, 1.165) is 47.8 Å². The van der Waals surface area contributed by atoms with E-state index >= 15 is 0 Å². The number of benzene rings is 1. The number of carbonyl (C=O) groups excluding carboxylic acids is 2. The van der Waals surface area contributed by atoms with Crippen LogP contribution in [0.1, 0.15) is 89.8 Å². The third-order valence-corrected chi connectivity index (χ3v) is 7.98. The first-order valence-corrected chi connectivity index (χ1v) is 16.7. The van der Waals surface area contributed by atoms with E-state index in [1.807, 2.05) is 41.5 Å². The molecule has 1 aliphatic heterocycles. The second-order valence-electron chi connectivity index (χ2n) is 10.7. The van der Waals surface area contributed by atoms with Crippen molar-refractivity contribution in [3.63, 3.8) is 0 Å². The van der Waals surface area contributed by atoms with Crippen LogP contribution in [0.3, 0.4) is 0 Å². The molecule has 0 fully saturated rings. The highest BCUT2D eigenvalue weighted by atomic mass is 31.0. The first kappa shape index (κ1) is 44.8. The molecule has 4 rings (SSSR count). The van der Waals surface area contributed by atoms with Gasteiger partial charge in [0, 0.05) is 28.5 Å². The van der Waals surface area contributed by atoms with Gasteiger partial charge in [-0.1, -0.05) is 63.8 Å². The number of ether oxygens (including phenoxy) is 1. The van der Waals surface area contributed by atoms with Gasteiger partial charge in [0.1, 0.15) is 12.4 Å². The van der Waals surface area contributed by atoms with Crippen LogP contribution in [-0.2, 0) is 38.4 Å². The standard InChI is InChI=1S/C27H30FNO4.C3H7F3NP.2C2H6.CH2O2/c1-6-16-18-9-7-8-17-15(5)21(28)11-22(23(17)18)29-24(16)14(4)10-19-20(25(30)13(2)3)12-33-27(32)26(19)31;4-2(8)3(5,6)1-7;2*1-2;2-1-3/h10-11,13,26,31H,6-9,12H2,1-5H3;2H,1,7-8H2;2*1-2H3;1H,(H,2,3)/b14-10+;;;;. The Morgan fingerprint density at radius 3 is 2.21 bits per heavy atom. The predicted octanol–water partition coefficient (Wildman–Crippen LogP) is 7.08. The topological polar surface area (TPSA) is 140 Å². The van der Waals surface area contributed by atoms with E-state index < -0.39 is 30.5 Å². The Labute approximate surface area is 283 Å². The van der Waals surface area contributed by atoms with Crippen LogP contribution < -0.4 is 5.73 Å².